The van der Waals surface area contributed by atoms with E-state index in [9.17, 15) is 9.18 Å². The number of hydrogen-bond acceptors (Lipinski definition) is 3. The van der Waals surface area contributed by atoms with E-state index in [1.54, 1.807) is 31.2 Å². The number of amides is 1. The Morgan fingerprint density at radius 3 is 2.76 bits per heavy atom. The van der Waals surface area contributed by atoms with Crippen molar-refractivity contribution in [3.8, 4) is 5.75 Å². The molecule has 0 fully saturated rings. The van der Waals surface area contributed by atoms with E-state index in [0.29, 0.717) is 16.4 Å². The van der Waals surface area contributed by atoms with Crippen LogP contribution in [0.1, 0.15) is 5.56 Å². The third-order valence-electron chi connectivity index (χ3n) is 2.77. The van der Waals surface area contributed by atoms with Crippen molar-refractivity contribution in [2.24, 2.45) is 0 Å². The summed E-state index contributed by atoms with van der Waals surface area (Å²) in [7, 11) is 0. The van der Waals surface area contributed by atoms with Crippen LogP contribution in [0.2, 0.25) is 5.02 Å². The molecular formula is C15H14ClFN2O2. The first kappa shape index (κ1) is 15.1. The number of benzene rings is 2. The molecule has 110 valence electrons. The van der Waals surface area contributed by atoms with Gasteiger partial charge in [0.1, 0.15) is 0 Å². The lowest BCUT2D eigenvalue weighted by atomic mass is 10.2. The van der Waals surface area contributed by atoms with Crippen LogP contribution in [-0.2, 0) is 4.79 Å². The van der Waals surface area contributed by atoms with Gasteiger partial charge in [-0.1, -0.05) is 23.7 Å². The Hall–Kier alpha value is -2.27. The molecule has 3 N–H and O–H groups in total. The number of anilines is 2. The summed E-state index contributed by atoms with van der Waals surface area (Å²) in [6.07, 6.45) is 0. The first-order chi connectivity index (χ1) is 9.97. The van der Waals surface area contributed by atoms with Crippen molar-refractivity contribution in [3.05, 3.63) is 52.8 Å². The fraction of sp³-hybridized carbons (Fsp3) is 0.133. The van der Waals surface area contributed by atoms with Gasteiger partial charge in [-0.25, -0.2) is 4.39 Å². The molecule has 0 radical (unpaired) electrons. The van der Waals surface area contributed by atoms with E-state index in [1.165, 1.54) is 12.1 Å². The smallest absolute Gasteiger partial charge is 0.262 e. The van der Waals surface area contributed by atoms with Crippen molar-refractivity contribution >= 4 is 28.9 Å². The minimum Gasteiger partial charge on any atom is -0.481 e. The lowest BCUT2D eigenvalue weighted by molar-refractivity contribution is -0.118. The van der Waals surface area contributed by atoms with Gasteiger partial charge in [0.15, 0.2) is 18.2 Å². The molecule has 0 bridgehead atoms. The number of nitrogen functional groups attached to an aromatic ring is 1. The van der Waals surface area contributed by atoms with Crippen LogP contribution in [0.5, 0.6) is 5.75 Å². The van der Waals surface area contributed by atoms with E-state index in [2.05, 4.69) is 5.32 Å². The van der Waals surface area contributed by atoms with Gasteiger partial charge in [0.05, 0.1) is 10.7 Å². The minimum absolute atomic E-state index is 0.0211. The number of rotatable bonds is 4. The van der Waals surface area contributed by atoms with Crippen molar-refractivity contribution < 1.29 is 13.9 Å². The second-order valence-corrected chi connectivity index (χ2v) is 4.87. The Labute approximate surface area is 126 Å². The molecule has 0 aliphatic carbocycles. The highest BCUT2D eigenvalue weighted by molar-refractivity contribution is 6.34. The maximum atomic E-state index is 13.3. The molecular weight excluding hydrogens is 295 g/mol. The predicted octanol–water partition coefficient (Wildman–Crippen LogP) is 3.39. The summed E-state index contributed by atoms with van der Waals surface area (Å²) < 4.78 is 18.5. The number of halogens is 2. The van der Waals surface area contributed by atoms with Crippen LogP contribution in [0.4, 0.5) is 15.8 Å². The van der Waals surface area contributed by atoms with Gasteiger partial charge in [-0.15, -0.1) is 0 Å². The maximum absolute atomic E-state index is 13.3. The molecule has 0 aliphatic rings. The Balaban J connectivity index is 2.01. The number of nitrogens with one attached hydrogen (secondary N) is 1. The van der Waals surface area contributed by atoms with Gasteiger partial charge in [-0.05, 0) is 36.8 Å². The Bertz CT molecular complexity index is 653. The predicted molar refractivity (Wildman–Crippen MR) is 81.1 cm³/mol. The molecule has 2 rings (SSSR count). The van der Waals surface area contributed by atoms with Crippen LogP contribution in [0.15, 0.2) is 36.4 Å². The summed E-state index contributed by atoms with van der Waals surface area (Å²) in [5.74, 6) is -0.937. The molecule has 0 saturated carbocycles. The highest BCUT2D eigenvalue weighted by atomic mass is 35.5. The second kappa shape index (κ2) is 6.45. The van der Waals surface area contributed by atoms with Gasteiger partial charge in [0, 0.05) is 5.69 Å². The zero-order valence-electron chi connectivity index (χ0n) is 11.3. The molecule has 0 atom stereocenters. The van der Waals surface area contributed by atoms with Crippen molar-refractivity contribution in [3.63, 3.8) is 0 Å². The summed E-state index contributed by atoms with van der Waals surface area (Å²) in [6.45, 7) is 1.46. The van der Waals surface area contributed by atoms with Crippen molar-refractivity contribution in [2.75, 3.05) is 17.7 Å². The molecule has 1 amide bonds. The molecule has 2 aromatic rings. The number of para-hydroxylation sites is 1. The summed E-state index contributed by atoms with van der Waals surface area (Å²) in [5, 5.41) is 2.96. The van der Waals surface area contributed by atoms with E-state index in [1.807, 2.05) is 0 Å². The number of ether oxygens (including phenoxy) is 1. The lowest BCUT2D eigenvalue weighted by Crippen LogP contribution is -2.21. The molecule has 0 unspecified atom stereocenters. The van der Waals surface area contributed by atoms with Gasteiger partial charge < -0.3 is 15.8 Å². The molecule has 0 aromatic heterocycles. The van der Waals surface area contributed by atoms with E-state index in [4.69, 9.17) is 22.1 Å². The van der Waals surface area contributed by atoms with Gasteiger partial charge in [0.2, 0.25) is 0 Å². The van der Waals surface area contributed by atoms with Crippen LogP contribution >= 0.6 is 11.6 Å². The van der Waals surface area contributed by atoms with E-state index in [-0.39, 0.29) is 12.4 Å². The summed E-state index contributed by atoms with van der Waals surface area (Å²) >= 11 is 6.03. The molecule has 4 nitrogen and oxygen atoms in total. The van der Waals surface area contributed by atoms with Crippen molar-refractivity contribution in [1.29, 1.82) is 0 Å². The standard InChI is InChI=1S/C15H14ClFN2O2/c1-9-6-10(18)7-11(16)15(9)19-14(20)8-21-13-5-3-2-4-12(13)17/h2-7H,8,18H2,1H3,(H,19,20). The Morgan fingerprint density at radius 2 is 2.10 bits per heavy atom. The molecule has 6 heteroatoms. The van der Waals surface area contributed by atoms with Gasteiger partial charge in [0.25, 0.3) is 5.91 Å². The molecule has 21 heavy (non-hydrogen) atoms. The fourth-order valence-electron chi connectivity index (χ4n) is 1.81. The maximum Gasteiger partial charge on any atom is 0.262 e. The van der Waals surface area contributed by atoms with E-state index in [0.717, 1.165) is 5.56 Å². The quantitative estimate of drug-likeness (QED) is 0.851. The zero-order chi connectivity index (χ0) is 15.4. The molecule has 0 spiro atoms. The Kier molecular flexibility index (Phi) is 4.65. The second-order valence-electron chi connectivity index (χ2n) is 4.46. The van der Waals surface area contributed by atoms with Gasteiger partial charge >= 0.3 is 0 Å². The first-order valence-electron chi connectivity index (χ1n) is 6.20. The topological polar surface area (TPSA) is 64.3 Å². The summed E-state index contributed by atoms with van der Waals surface area (Å²) in [6, 6.07) is 9.11. The van der Waals surface area contributed by atoms with Crippen molar-refractivity contribution in [1.82, 2.24) is 0 Å². The first-order valence-corrected chi connectivity index (χ1v) is 6.58. The highest BCUT2D eigenvalue weighted by Gasteiger charge is 2.11. The number of aryl methyl sites for hydroxylation is 1. The number of hydrogen-bond donors (Lipinski definition) is 2. The minimum atomic E-state index is -0.521. The average molecular weight is 309 g/mol. The van der Waals surface area contributed by atoms with Crippen LogP contribution < -0.4 is 15.8 Å². The molecule has 2 aromatic carbocycles. The number of nitrogens with two attached hydrogens (primary N) is 1. The highest BCUT2D eigenvalue weighted by Crippen LogP contribution is 2.28. The van der Waals surface area contributed by atoms with E-state index < -0.39 is 11.7 Å². The van der Waals surface area contributed by atoms with Gasteiger partial charge in [-0.3, -0.25) is 4.79 Å². The normalized spacial score (nSPS) is 10.2. The number of carbonyl (C=O) groups is 1. The van der Waals surface area contributed by atoms with Crippen LogP contribution in [0, 0.1) is 12.7 Å². The molecule has 0 saturated heterocycles. The summed E-state index contributed by atoms with van der Waals surface area (Å²) in [4.78, 5) is 11.8. The third-order valence-corrected chi connectivity index (χ3v) is 3.07. The van der Waals surface area contributed by atoms with Crippen LogP contribution in [0.25, 0.3) is 0 Å². The monoisotopic (exact) mass is 308 g/mol. The number of carbonyl (C=O) groups excluding carboxylic acids is 1. The SMILES string of the molecule is Cc1cc(N)cc(Cl)c1NC(=O)COc1ccccc1F. The summed E-state index contributed by atoms with van der Waals surface area (Å²) in [5.41, 5.74) is 7.36. The average Bonchev–Trinajstić information content (AvgIpc) is 2.42. The fourth-order valence-corrected chi connectivity index (χ4v) is 2.13. The lowest BCUT2D eigenvalue weighted by Gasteiger charge is -2.12. The Morgan fingerprint density at radius 1 is 1.38 bits per heavy atom. The van der Waals surface area contributed by atoms with Gasteiger partial charge in [-0.2, -0.15) is 0 Å². The van der Waals surface area contributed by atoms with Crippen LogP contribution in [0.3, 0.4) is 0 Å². The molecule has 0 heterocycles. The largest absolute Gasteiger partial charge is 0.481 e. The van der Waals surface area contributed by atoms with Crippen molar-refractivity contribution in [2.45, 2.75) is 6.92 Å². The van der Waals surface area contributed by atoms with Crippen LogP contribution in [-0.4, -0.2) is 12.5 Å². The van der Waals surface area contributed by atoms with E-state index >= 15 is 0 Å². The third kappa shape index (κ3) is 3.86. The zero-order valence-corrected chi connectivity index (χ0v) is 12.1. The molecule has 0 aliphatic heterocycles.